The number of carbonyl (C=O) groups excluding carboxylic acids is 1. The van der Waals surface area contributed by atoms with Crippen LogP contribution in [-0.2, 0) is 16.1 Å². The van der Waals surface area contributed by atoms with Crippen LogP contribution in [0.4, 0.5) is 4.39 Å². The minimum absolute atomic E-state index is 0.123. The molecule has 8 heteroatoms. The topological polar surface area (TPSA) is 73.2 Å². The summed E-state index contributed by atoms with van der Waals surface area (Å²) in [6.45, 7) is 1.09. The third-order valence-electron chi connectivity index (χ3n) is 4.04. The first-order valence-corrected chi connectivity index (χ1v) is 9.69. The van der Waals surface area contributed by atoms with Crippen LogP contribution in [0.1, 0.15) is 5.56 Å². The summed E-state index contributed by atoms with van der Waals surface area (Å²) in [5.74, 6) is -0.384. The molecule has 0 saturated carbocycles. The average Bonchev–Trinajstić information content (AvgIpc) is 2.70. The molecule has 0 fully saturated rings. The number of aromatic nitrogens is 2. The van der Waals surface area contributed by atoms with Gasteiger partial charge in [0.15, 0.2) is 5.16 Å². The fraction of sp³-hybridized carbons (Fsp3) is 0.250. The van der Waals surface area contributed by atoms with Gasteiger partial charge in [-0.2, -0.15) is 0 Å². The third-order valence-corrected chi connectivity index (χ3v) is 5.02. The fourth-order valence-electron chi connectivity index (χ4n) is 2.64. The third kappa shape index (κ3) is 4.96. The van der Waals surface area contributed by atoms with Gasteiger partial charge in [0.05, 0.1) is 29.8 Å². The quantitative estimate of drug-likeness (QED) is 0.357. The molecule has 6 nitrogen and oxygen atoms in total. The van der Waals surface area contributed by atoms with Crippen molar-refractivity contribution in [3.05, 3.63) is 70.3 Å². The van der Waals surface area contributed by atoms with Crippen molar-refractivity contribution in [3.63, 3.8) is 0 Å². The van der Waals surface area contributed by atoms with Crippen molar-refractivity contribution in [2.24, 2.45) is 0 Å². The Labute approximate surface area is 165 Å². The number of halogens is 1. The van der Waals surface area contributed by atoms with Gasteiger partial charge in [0.1, 0.15) is 5.82 Å². The number of rotatable bonds is 8. The highest BCUT2D eigenvalue weighted by Gasteiger charge is 2.13. The number of para-hydroxylation sites is 1. The molecule has 1 N–H and O–H groups in total. The van der Waals surface area contributed by atoms with Gasteiger partial charge in [-0.15, -0.1) is 0 Å². The Kier molecular flexibility index (Phi) is 6.78. The van der Waals surface area contributed by atoms with Gasteiger partial charge in [0, 0.05) is 13.7 Å². The summed E-state index contributed by atoms with van der Waals surface area (Å²) >= 11 is 1.19. The van der Waals surface area contributed by atoms with E-state index >= 15 is 0 Å². The molecule has 0 spiro atoms. The van der Waals surface area contributed by atoms with Crippen LogP contribution < -0.4 is 10.9 Å². The van der Waals surface area contributed by atoms with Gasteiger partial charge in [-0.25, -0.2) is 9.37 Å². The molecule has 1 amide bonds. The van der Waals surface area contributed by atoms with Crippen molar-refractivity contribution in [1.29, 1.82) is 0 Å². The van der Waals surface area contributed by atoms with Crippen LogP contribution in [0.3, 0.4) is 0 Å². The molecule has 0 atom stereocenters. The van der Waals surface area contributed by atoms with E-state index in [9.17, 15) is 14.0 Å². The molecule has 28 heavy (non-hydrogen) atoms. The minimum atomic E-state index is -0.338. The molecular formula is C20H20FN3O3S. The molecule has 1 aromatic heterocycles. The van der Waals surface area contributed by atoms with Crippen molar-refractivity contribution in [2.45, 2.75) is 11.7 Å². The lowest BCUT2D eigenvalue weighted by Crippen LogP contribution is -2.29. The summed E-state index contributed by atoms with van der Waals surface area (Å²) in [4.78, 5) is 29.6. The summed E-state index contributed by atoms with van der Waals surface area (Å²) in [5, 5.41) is 3.68. The highest BCUT2D eigenvalue weighted by Crippen LogP contribution is 2.19. The molecule has 0 radical (unpaired) electrons. The van der Waals surface area contributed by atoms with E-state index in [1.54, 1.807) is 37.4 Å². The van der Waals surface area contributed by atoms with E-state index in [0.29, 0.717) is 29.2 Å². The summed E-state index contributed by atoms with van der Waals surface area (Å²) in [6, 6.07) is 13.0. The number of hydrogen-bond acceptors (Lipinski definition) is 5. The first kappa shape index (κ1) is 20.0. The Morgan fingerprint density at radius 1 is 1.21 bits per heavy atom. The van der Waals surface area contributed by atoms with Gasteiger partial charge in [-0.05, 0) is 29.8 Å². The number of carbonyl (C=O) groups is 1. The maximum absolute atomic E-state index is 13.2. The van der Waals surface area contributed by atoms with Gasteiger partial charge in [-0.1, -0.05) is 36.0 Å². The highest BCUT2D eigenvalue weighted by molar-refractivity contribution is 7.99. The predicted octanol–water partition coefficient (Wildman–Crippen LogP) is 2.44. The number of benzene rings is 2. The van der Waals surface area contributed by atoms with Gasteiger partial charge >= 0.3 is 0 Å². The number of hydrogen-bond donors (Lipinski definition) is 1. The van der Waals surface area contributed by atoms with Crippen molar-refractivity contribution >= 4 is 28.6 Å². The second-order valence-electron chi connectivity index (χ2n) is 6.06. The first-order chi connectivity index (χ1) is 13.6. The zero-order valence-electron chi connectivity index (χ0n) is 15.4. The lowest BCUT2D eigenvalue weighted by Gasteiger charge is -2.13. The molecular weight excluding hydrogens is 381 g/mol. The molecule has 0 bridgehead atoms. The normalized spacial score (nSPS) is 10.9. The summed E-state index contributed by atoms with van der Waals surface area (Å²) in [6.07, 6.45) is 0. The second kappa shape index (κ2) is 9.48. The van der Waals surface area contributed by atoms with Crippen LogP contribution in [0.15, 0.2) is 58.5 Å². The molecule has 0 saturated heterocycles. The Morgan fingerprint density at radius 2 is 1.96 bits per heavy atom. The van der Waals surface area contributed by atoms with Crippen LogP contribution in [0, 0.1) is 5.82 Å². The predicted molar refractivity (Wildman–Crippen MR) is 107 cm³/mol. The Balaban J connectivity index is 1.89. The van der Waals surface area contributed by atoms with Crippen molar-refractivity contribution in [3.8, 4) is 0 Å². The van der Waals surface area contributed by atoms with Crippen LogP contribution in [-0.4, -0.2) is 41.5 Å². The second-order valence-corrected chi connectivity index (χ2v) is 7.00. The molecule has 3 aromatic rings. The van der Waals surface area contributed by atoms with E-state index < -0.39 is 0 Å². The van der Waals surface area contributed by atoms with Gasteiger partial charge < -0.3 is 10.1 Å². The Bertz CT molecular complexity index is 1020. The van der Waals surface area contributed by atoms with Gasteiger partial charge in [0.25, 0.3) is 5.56 Å². The Morgan fingerprint density at radius 3 is 2.71 bits per heavy atom. The molecule has 146 valence electrons. The molecule has 0 aliphatic carbocycles. The smallest absolute Gasteiger partial charge is 0.262 e. The molecule has 0 aliphatic rings. The minimum Gasteiger partial charge on any atom is -0.383 e. The van der Waals surface area contributed by atoms with Crippen LogP contribution >= 0.6 is 11.8 Å². The molecule has 3 rings (SSSR count). The number of nitrogens with one attached hydrogen (secondary N) is 1. The largest absolute Gasteiger partial charge is 0.383 e. The van der Waals surface area contributed by atoms with E-state index in [1.807, 2.05) is 6.07 Å². The summed E-state index contributed by atoms with van der Waals surface area (Å²) in [7, 11) is 1.56. The first-order valence-electron chi connectivity index (χ1n) is 8.71. The zero-order valence-corrected chi connectivity index (χ0v) is 16.2. The average molecular weight is 401 g/mol. The maximum atomic E-state index is 13.2. The van der Waals surface area contributed by atoms with Gasteiger partial charge in [0.2, 0.25) is 5.91 Å². The SMILES string of the molecule is COCCNC(=O)CSc1nc2ccccc2c(=O)n1Cc1ccc(F)cc1. The summed E-state index contributed by atoms with van der Waals surface area (Å²) < 4.78 is 19.6. The highest BCUT2D eigenvalue weighted by atomic mass is 32.2. The maximum Gasteiger partial charge on any atom is 0.262 e. The lowest BCUT2D eigenvalue weighted by molar-refractivity contribution is -0.118. The Hall–Kier alpha value is -2.71. The molecule has 0 aliphatic heterocycles. The molecule has 0 unspecified atom stereocenters. The molecule has 1 heterocycles. The number of amides is 1. The van der Waals surface area contributed by atoms with E-state index in [4.69, 9.17) is 4.74 Å². The van der Waals surface area contributed by atoms with Gasteiger partial charge in [-0.3, -0.25) is 14.2 Å². The fourth-order valence-corrected chi connectivity index (χ4v) is 3.47. The van der Waals surface area contributed by atoms with E-state index in [2.05, 4.69) is 10.3 Å². The van der Waals surface area contributed by atoms with Crippen LogP contribution in [0.2, 0.25) is 0 Å². The van der Waals surface area contributed by atoms with Crippen LogP contribution in [0.5, 0.6) is 0 Å². The lowest BCUT2D eigenvalue weighted by atomic mass is 10.2. The number of fused-ring (bicyclic) bond motifs is 1. The number of ether oxygens (including phenoxy) is 1. The van der Waals surface area contributed by atoms with Crippen molar-refractivity contribution in [2.75, 3.05) is 26.0 Å². The number of thioether (sulfide) groups is 1. The van der Waals surface area contributed by atoms with Crippen LogP contribution in [0.25, 0.3) is 10.9 Å². The standard InChI is InChI=1S/C20H20FN3O3S/c1-27-11-10-22-18(25)13-28-20-23-17-5-3-2-4-16(17)19(26)24(20)12-14-6-8-15(21)9-7-14/h2-9H,10-13H2,1H3,(H,22,25). The summed E-state index contributed by atoms with van der Waals surface area (Å²) in [5.41, 5.74) is 1.15. The number of methoxy groups -OCH3 is 1. The van der Waals surface area contributed by atoms with E-state index in [-0.39, 0.29) is 29.6 Å². The zero-order chi connectivity index (χ0) is 19.9. The monoisotopic (exact) mass is 401 g/mol. The van der Waals surface area contributed by atoms with E-state index in [0.717, 1.165) is 5.56 Å². The van der Waals surface area contributed by atoms with Crippen molar-refractivity contribution in [1.82, 2.24) is 14.9 Å². The molecule has 2 aromatic carbocycles. The van der Waals surface area contributed by atoms with Crippen molar-refractivity contribution < 1.29 is 13.9 Å². The number of nitrogens with zero attached hydrogens (tertiary/aromatic N) is 2. The van der Waals surface area contributed by atoms with E-state index in [1.165, 1.54) is 28.5 Å².